The molecule has 1 unspecified atom stereocenters. The van der Waals surface area contributed by atoms with Crippen LogP contribution >= 0.6 is 0 Å². The largest absolute Gasteiger partial charge is 0.390 e. The molecule has 0 saturated heterocycles. The predicted molar refractivity (Wildman–Crippen MR) is 42.4 cm³/mol. The number of aliphatic hydroxyl groups excluding tert-OH is 1. The monoisotopic (exact) mass is 171 g/mol. The zero-order valence-electron chi connectivity index (χ0n) is 7.27. The van der Waals surface area contributed by atoms with E-state index in [1.165, 1.54) is 0 Å². The summed E-state index contributed by atoms with van der Waals surface area (Å²) in [7, 11) is 1.65. The van der Waals surface area contributed by atoms with Crippen LogP contribution in [-0.4, -0.2) is 33.3 Å². The molecule has 1 heterocycles. The standard InChI is InChI=1S/C7H13N3O2/c1-6(12-2)3-10-4-7(5-11)8-9-10/h4,6,11H,3,5H2,1-2H3. The number of nitrogens with zero attached hydrogens (tertiary/aromatic N) is 3. The van der Waals surface area contributed by atoms with Crippen LogP contribution in [0.1, 0.15) is 12.6 Å². The Balaban J connectivity index is 2.52. The highest BCUT2D eigenvalue weighted by atomic mass is 16.5. The van der Waals surface area contributed by atoms with Crippen LogP contribution < -0.4 is 0 Å². The molecule has 1 N–H and O–H groups in total. The van der Waals surface area contributed by atoms with Gasteiger partial charge in [0.2, 0.25) is 0 Å². The quantitative estimate of drug-likeness (QED) is 0.681. The molecule has 68 valence electrons. The maximum absolute atomic E-state index is 8.70. The van der Waals surface area contributed by atoms with Crippen molar-refractivity contribution in [3.63, 3.8) is 0 Å². The molecule has 1 aromatic rings. The SMILES string of the molecule is COC(C)Cn1cc(CO)nn1. The van der Waals surface area contributed by atoms with Crippen LogP contribution in [0.15, 0.2) is 6.20 Å². The van der Waals surface area contributed by atoms with Gasteiger partial charge in [0.25, 0.3) is 0 Å². The van der Waals surface area contributed by atoms with Gasteiger partial charge in [0.1, 0.15) is 5.69 Å². The van der Waals surface area contributed by atoms with Gasteiger partial charge in [-0.3, -0.25) is 0 Å². The molecule has 0 fully saturated rings. The zero-order chi connectivity index (χ0) is 8.97. The number of ether oxygens (including phenoxy) is 1. The molecule has 1 rings (SSSR count). The first-order chi connectivity index (χ1) is 5.76. The molecule has 5 nitrogen and oxygen atoms in total. The summed E-state index contributed by atoms with van der Waals surface area (Å²) in [6.07, 6.45) is 1.81. The van der Waals surface area contributed by atoms with Crippen LogP contribution in [0.4, 0.5) is 0 Å². The van der Waals surface area contributed by atoms with E-state index in [9.17, 15) is 0 Å². The van der Waals surface area contributed by atoms with E-state index in [4.69, 9.17) is 9.84 Å². The Bertz CT molecular complexity index is 236. The summed E-state index contributed by atoms with van der Waals surface area (Å²) < 4.78 is 6.70. The molecule has 0 aromatic carbocycles. The normalized spacial score (nSPS) is 13.2. The van der Waals surface area contributed by atoms with Gasteiger partial charge < -0.3 is 9.84 Å². The van der Waals surface area contributed by atoms with Crippen LogP contribution in [-0.2, 0) is 17.9 Å². The van der Waals surface area contributed by atoms with E-state index < -0.39 is 0 Å². The van der Waals surface area contributed by atoms with E-state index in [0.717, 1.165) is 0 Å². The molecule has 12 heavy (non-hydrogen) atoms. The van der Waals surface area contributed by atoms with Gasteiger partial charge in [-0.1, -0.05) is 5.21 Å². The summed E-state index contributed by atoms with van der Waals surface area (Å²) in [6.45, 7) is 2.53. The molecule has 5 heteroatoms. The maximum atomic E-state index is 8.70. The van der Waals surface area contributed by atoms with E-state index in [-0.39, 0.29) is 12.7 Å². The second-order valence-electron chi connectivity index (χ2n) is 2.64. The van der Waals surface area contributed by atoms with Gasteiger partial charge in [-0.05, 0) is 6.92 Å². The van der Waals surface area contributed by atoms with Crippen LogP contribution in [0.5, 0.6) is 0 Å². The van der Waals surface area contributed by atoms with Gasteiger partial charge in [-0.25, -0.2) is 4.68 Å². The first-order valence-electron chi connectivity index (χ1n) is 3.79. The van der Waals surface area contributed by atoms with Crippen LogP contribution in [0.25, 0.3) is 0 Å². The first-order valence-corrected chi connectivity index (χ1v) is 3.79. The van der Waals surface area contributed by atoms with E-state index in [2.05, 4.69) is 10.3 Å². The molecule has 0 bridgehead atoms. The fourth-order valence-electron chi connectivity index (χ4n) is 0.838. The average Bonchev–Trinajstić information content (AvgIpc) is 2.52. The van der Waals surface area contributed by atoms with Crippen LogP contribution in [0.3, 0.4) is 0 Å². The van der Waals surface area contributed by atoms with Crippen molar-refractivity contribution in [2.24, 2.45) is 0 Å². The number of hydrogen-bond acceptors (Lipinski definition) is 4. The van der Waals surface area contributed by atoms with Gasteiger partial charge in [-0.15, -0.1) is 5.10 Å². The average molecular weight is 171 g/mol. The third-order valence-corrected chi connectivity index (χ3v) is 1.59. The van der Waals surface area contributed by atoms with Gasteiger partial charge in [0.15, 0.2) is 0 Å². The Hall–Kier alpha value is -0.940. The number of aliphatic hydroxyl groups is 1. The number of hydrogen-bond donors (Lipinski definition) is 1. The van der Waals surface area contributed by atoms with Crippen molar-refractivity contribution >= 4 is 0 Å². The summed E-state index contributed by atoms with van der Waals surface area (Å²) in [5.41, 5.74) is 0.582. The second-order valence-corrected chi connectivity index (χ2v) is 2.64. The minimum atomic E-state index is -0.0681. The topological polar surface area (TPSA) is 60.2 Å². The van der Waals surface area contributed by atoms with E-state index in [1.807, 2.05) is 6.92 Å². The van der Waals surface area contributed by atoms with E-state index in [1.54, 1.807) is 18.0 Å². The molecule has 1 aromatic heterocycles. The molecule has 0 aliphatic rings. The minimum absolute atomic E-state index is 0.0681. The smallest absolute Gasteiger partial charge is 0.108 e. The molecule has 0 saturated carbocycles. The summed E-state index contributed by atoms with van der Waals surface area (Å²) in [5.74, 6) is 0. The lowest BCUT2D eigenvalue weighted by molar-refractivity contribution is 0.0992. The summed E-state index contributed by atoms with van der Waals surface area (Å²) >= 11 is 0. The van der Waals surface area contributed by atoms with Crippen molar-refractivity contribution in [2.75, 3.05) is 7.11 Å². The molecular formula is C7H13N3O2. The maximum Gasteiger partial charge on any atom is 0.108 e. The lowest BCUT2D eigenvalue weighted by Crippen LogP contribution is -2.14. The number of methoxy groups -OCH3 is 1. The van der Waals surface area contributed by atoms with Crippen molar-refractivity contribution in [1.29, 1.82) is 0 Å². The van der Waals surface area contributed by atoms with Crippen molar-refractivity contribution in [2.45, 2.75) is 26.2 Å². The molecular weight excluding hydrogens is 158 g/mol. The number of aromatic nitrogens is 3. The Morgan fingerprint density at radius 1 is 1.75 bits per heavy atom. The van der Waals surface area contributed by atoms with Crippen LogP contribution in [0.2, 0.25) is 0 Å². The lowest BCUT2D eigenvalue weighted by Gasteiger charge is -2.07. The molecule has 1 atom stereocenters. The van der Waals surface area contributed by atoms with Gasteiger partial charge in [0, 0.05) is 7.11 Å². The predicted octanol–water partition coefficient (Wildman–Crippen LogP) is -0.195. The Morgan fingerprint density at radius 2 is 2.50 bits per heavy atom. The summed E-state index contributed by atoms with van der Waals surface area (Å²) in [4.78, 5) is 0. The lowest BCUT2D eigenvalue weighted by atomic mass is 10.4. The fourth-order valence-corrected chi connectivity index (χ4v) is 0.838. The van der Waals surface area contributed by atoms with Crippen molar-refractivity contribution in [1.82, 2.24) is 15.0 Å². The first kappa shape index (κ1) is 9.15. The van der Waals surface area contributed by atoms with Crippen molar-refractivity contribution in [3.05, 3.63) is 11.9 Å². The van der Waals surface area contributed by atoms with Crippen LogP contribution in [0, 0.1) is 0 Å². The summed E-state index contributed by atoms with van der Waals surface area (Å²) in [6, 6.07) is 0. The van der Waals surface area contributed by atoms with Crippen molar-refractivity contribution < 1.29 is 9.84 Å². The molecule has 0 spiro atoms. The Kier molecular flexibility index (Phi) is 3.19. The van der Waals surface area contributed by atoms with Crippen molar-refractivity contribution in [3.8, 4) is 0 Å². The third-order valence-electron chi connectivity index (χ3n) is 1.59. The van der Waals surface area contributed by atoms with E-state index >= 15 is 0 Å². The van der Waals surface area contributed by atoms with Gasteiger partial charge in [0.05, 0.1) is 25.5 Å². The minimum Gasteiger partial charge on any atom is -0.390 e. The Morgan fingerprint density at radius 3 is 3.00 bits per heavy atom. The molecule has 0 aliphatic heterocycles. The van der Waals surface area contributed by atoms with E-state index in [0.29, 0.717) is 12.2 Å². The fraction of sp³-hybridized carbons (Fsp3) is 0.714. The Labute approximate surface area is 71.0 Å². The molecule has 0 radical (unpaired) electrons. The molecule has 0 aliphatic carbocycles. The highest BCUT2D eigenvalue weighted by Gasteiger charge is 2.03. The highest BCUT2D eigenvalue weighted by molar-refractivity contribution is 4.88. The zero-order valence-corrected chi connectivity index (χ0v) is 7.27. The highest BCUT2D eigenvalue weighted by Crippen LogP contribution is 1.96. The number of rotatable bonds is 4. The second kappa shape index (κ2) is 4.18. The van der Waals surface area contributed by atoms with Gasteiger partial charge >= 0.3 is 0 Å². The summed E-state index contributed by atoms with van der Waals surface area (Å²) in [5, 5.41) is 16.2. The van der Waals surface area contributed by atoms with Gasteiger partial charge in [-0.2, -0.15) is 0 Å². The third kappa shape index (κ3) is 2.28. The molecule has 0 amide bonds.